The average Bonchev–Trinajstić information content (AvgIpc) is 2.30. The van der Waals surface area contributed by atoms with Crippen LogP contribution in [0.25, 0.3) is 0 Å². The summed E-state index contributed by atoms with van der Waals surface area (Å²) in [6, 6.07) is 1.32. The maximum absolute atomic E-state index is 5.94. The molecule has 2 heterocycles. The molecule has 0 amide bonds. The van der Waals surface area contributed by atoms with E-state index in [4.69, 9.17) is 5.73 Å². The lowest BCUT2D eigenvalue weighted by Gasteiger charge is -2.41. The van der Waals surface area contributed by atoms with Crippen molar-refractivity contribution >= 4 is 12.4 Å². The van der Waals surface area contributed by atoms with E-state index >= 15 is 0 Å². The molecule has 2 saturated heterocycles. The van der Waals surface area contributed by atoms with Gasteiger partial charge in [-0.15, -0.1) is 12.4 Å². The van der Waals surface area contributed by atoms with Crippen LogP contribution in [0.3, 0.4) is 0 Å². The minimum atomic E-state index is 0. The predicted molar refractivity (Wildman–Crippen MR) is 71.2 cm³/mol. The third-order valence-electron chi connectivity index (χ3n) is 4.09. The van der Waals surface area contributed by atoms with Crippen molar-refractivity contribution in [3.8, 4) is 0 Å². The molecule has 0 aromatic rings. The van der Waals surface area contributed by atoms with E-state index < -0.39 is 0 Å². The van der Waals surface area contributed by atoms with Crippen molar-refractivity contribution in [1.29, 1.82) is 0 Å². The number of likely N-dealkylation sites (tertiary alicyclic amines) is 2. The Bertz CT molecular complexity index is 185. The van der Waals surface area contributed by atoms with Gasteiger partial charge in [0.15, 0.2) is 0 Å². The minimum Gasteiger partial charge on any atom is -0.328 e. The van der Waals surface area contributed by atoms with E-state index in [1.54, 1.807) is 0 Å². The third-order valence-corrected chi connectivity index (χ3v) is 4.09. The van der Waals surface area contributed by atoms with Gasteiger partial charge < -0.3 is 15.5 Å². The van der Waals surface area contributed by atoms with Gasteiger partial charge in [0.1, 0.15) is 0 Å². The lowest BCUT2D eigenvalue weighted by Crippen LogP contribution is -2.49. The summed E-state index contributed by atoms with van der Waals surface area (Å²) >= 11 is 0. The topological polar surface area (TPSA) is 32.5 Å². The minimum absolute atomic E-state index is 0. The van der Waals surface area contributed by atoms with Crippen molar-refractivity contribution in [3.63, 3.8) is 0 Å². The Morgan fingerprint density at radius 2 is 1.56 bits per heavy atom. The Morgan fingerprint density at radius 1 is 1.00 bits per heavy atom. The van der Waals surface area contributed by atoms with E-state index in [9.17, 15) is 0 Å². The Morgan fingerprint density at radius 3 is 2.06 bits per heavy atom. The van der Waals surface area contributed by atoms with Crippen LogP contribution in [0.2, 0.25) is 0 Å². The maximum Gasteiger partial charge on any atom is 0.0120 e. The van der Waals surface area contributed by atoms with Gasteiger partial charge in [0.05, 0.1) is 0 Å². The monoisotopic (exact) mass is 247 g/mol. The van der Waals surface area contributed by atoms with E-state index in [0.717, 1.165) is 6.04 Å². The molecular formula is C12H26ClN3. The number of rotatable bonds is 2. The molecular weight excluding hydrogens is 222 g/mol. The highest BCUT2D eigenvalue weighted by Crippen LogP contribution is 2.20. The molecule has 16 heavy (non-hydrogen) atoms. The Hall–Kier alpha value is 0.170. The van der Waals surface area contributed by atoms with E-state index in [-0.39, 0.29) is 12.4 Å². The van der Waals surface area contributed by atoms with Crippen LogP contribution in [-0.2, 0) is 0 Å². The lowest BCUT2D eigenvalue weighted by atomic mass is 9.98. The quantitative estimate of drug-likeness (QED) is 0.799. The summed E-state index contributed by atoms with van der Waals surface area (Å²) in [5.74, 6) is 0. The molecule has 0 unspecified atom stereocenters. The van der Waals surface area contributed by atoms with Crippen LogP contribution in [-0.4, -0.2) is 54.6 Å². The summed E-state index contributed by atoms with van der Waals surface area (Å²) < 4.78 is 0. The van der Waals surface area contributed by atoms with Crippen LogP contribution < -0.4 is 5.73 Å². The molecule has 96 valence electrons. The largest absolute Gasteiger partial charge is 0.328 e. The van der Waals surface area contributed by atoms with Gasteiger partial charge >= 0.3 is 0 Å². The van der Waals surface area contributed by atoms with Crippen molar-refractivity contribution in [3.05, 3.63) is 0 Å². The van der Waals surface area contributed by atoms with Crippen molar-refractivity contribution in [2.75, 3.05) is 32.7 Å². The van der Waals surface area contributed by atoms with Crippen LogP contribution >= 0.6 is 12.4 Å². The van der Waals surface area contributed by atoms with E-state index in [0.29, 0.717) is 6.04 Å². The van der Waals surface area contributed by atoms with Gasteiger partial charge in [0.2, 0.25) is 0 Å². The summed E-state index contributed by atoms with van der Waals surface area (Å²) in [4.78, 5) is 5.24. The predicted octanol–water partition coefficient (Wildman–Crippen LogP) is 1.32. The van der Waals surface area contributed by atoms with Crippen LogP contribution in [0.1, 0.15) is 32.6 Å². The lowest BCUT2D eigenvalue weighted by molar-refractivity contribution is 0.0901. The highest BCUT2D eigenvalue weighted by Gasteiger charge is 2.26. The van der Waals surface area contributed by atoms with E-state index in [2.05, 4.69) is 16.7 Å². The van der Waals surface area contributed by atoms with Gasteiger partial charge in [-0.25, -0.2) is 0 Å². The summed E-state index contributed by atoms with van der Waals surface area (Å²) in [5, 5.41) is 0. The first-order valence-corrected chi connectivity index (χ1v) is 6.51. The molecule has 0 saturated carbocycles. The summed E-state index contributed by atoms with van der Waals surface area (Å²) in [7, 11) is 0. The molecule has 0 radical (unpaired) electrons. The number of hydrogen-bond acceptors (Lipinski definition) is 3. The van der Waals surface area contributed by atoms with Crippen LogP contribution in [0.4, 0.5) is 0 Å². The number of nitrogens with two attached hydrogens (primary N) is 1. The number of hydrogen-bond donors (Lipinski definition) is 1. The Kier molecular flexibility index (Phi) is 6.05. The first kappa shape index (κ1) is 14.2. The zero-order valence-electron chi connectivity index (χ0n) is 10.4. The molecule has 2 aliphatic rings. The molecule has 2 fully saturated rings. The average molecular weight is 248 g/mol. The second kappa shape index (κ2) is 6.80. The summed E-state index contributed by atoms with van der Waals surface area (Å²) in [6.07, 6.45) is 5.13. The zero-order chi connectivity index (χ0) is 10.7. The van der Waals surface area contributed by atoms with Gasteiger partial charge in [0, 0.05) is 12.1 Å². The highest BCUT2D eigenvalue weighted by molar-refractivity contribution is 5.85. The van der Waals surface area contributed by atoms with E-state index in [1.165, 1.54) is 58.4 Å². The first-order valence-electron chi connectivity index (χ1n) is 6.51. The second-order valence-electron chi connectivity index (χ2n) is 5.04. The summed E-state index contributed by atoms with van der Waals surface area (Å²) in [6.45, 7) is 8.54. The Labute approximate surface area is 106 Å². The molecule has 0 bridgehead atoms. The molecule has 0 aromatic carbocycles. The fraction of sp³-hybridized carbons (Fsp3) is 1.00. The number of nitrogens with zero attached hydrogens (tertiary/aromatic N) is 2. The highest BCUT2D eigenvalue weighted by atomic mass is 35.5. The molecule has 0 aliphatic carbocycles. The van der Waals surface area contributed by atoms with Gasteiger partial charge in [-0.3, -0.25) is 0 Å². The van der Waals surface area contributed by atoms with Crippen molar-refractivity contribution in [1.82, 2.24) is 9.80 Å². The smallest absolute Gasteiger partial charge is 0.0120 e. The molecule has 2 aliphatic heterocycles. The maximum atomic E-state index is 5.94. The molecule has 0 atom stereocenters. The molecule has 0 aromatic heterocycles. The summed E-state index contributed by atoms with van der Waals surface area (Å²) in [5.41, 5.74) is 5.94. The van der Waals surface area contributed by atoms with Gasteiger partial charge in [-0.2, -0.15) is 0 Å². The fourth-order valence-corrected chi connectivity index (χ4v) is 2.89. The van der Waals surface area contributed by atoms with E-state index in [1.807, 2.05) is 0 Å². The second-order valence-corrected chi connectivity index (χ2v) is 5.04. The van der Waals surface area contributed by atoms with Crippen LogP contribution in [0.15, 0.2) is 0 Å². The SMILES string of the molecule is CCN1CCC(N2CCC(N)CC2)CC1.Cl. The molecule has 3 nitrogen and oxygen atoms in total. The normalized spacial score (nSPS) is 26.6. The van der Waals surface area contributed by atoms with Crippen LogP contribution in [0, 0.1) is 0 Å². The number of piperidine rings is 2. The molecule has 4 heteroatoms. The van der Waals surface area contributed by atoms with Crippen LogP contribution in [0.5, 0.6) is 0 Å². The van der Waals surface area contributed by atoms with Gasteiger partial charge in [-0.05, 0) is 58.4 Å². The van der Waals surface area contributed by atoms with Crippen molar-refractivity contribution < 1.29 is 0 Å². The zero-order valence-corrected chi connectivity index (χ0v) is 11.2. The standard InChI is InChI=1S/C12H25N3.ClH/c1-2-14-7-5-12(6-8-14)15-9-3-11(13)4-10-15;/h11-12H,2-10,13H2,1H3;1H. The Balaban J connectivity index is 0.00000128. The molecule has 0 spiro atoms. The van der Waals surface area contributed by atoms with Crippen molar-refractivity contribution in [2.45, 2.75) is 44.7 Å². The molecule has 2 rings (SSSR count). The first-order chi connectivity index (χ1) is 7.29. The molecule has 2 N–H and O–H groups in total. The third kappa shape index (κ3) is 3.59. The van der Waals surface area contributed by atoms with Gasteiger partial charge in [0.25, 0.3) is 0 Å². The number of halogens is 1. The van der Waals surface area contributed by atoms with Gasteiger partial charge in [-0.1, -0.05) is 6.92 Å². The fourth-order valence-electron chi connectivity index (χ4n) is 2.89. The van der Waals surface area contributed by atoms with Crippen molar-refractivity contribution in [2.24, 2.45) is 5.73 Å².